The molecule has 174 valence electrons. The van der Waals surface area contributed by atoms with Crippen LogP contribution in [0, 0.1) is 0 Å². The van der Waals surface area contributed by atoms with E-state index in [0.717, 1.165) is 17.7 Å². The molecule has 1 fully saturated rings. The van der Waals surface area contributed by atoms with Gasteiger partial charge in [-0.25, -0.2) is 4.98 Å². The summed E-state index contributed by atoms with van der Waals surface area (Å²) >= 11 is 0. The van der Waals surface area contributed by atoms with Crippen molar-refractivity contribution in [2.24, 2.45) is 5.73 Å². The average Bonchev–Trinajstić information content (AvgIpc) is 3.18. The van der Waals surface area contributed by atoms with Gasteiger partial charge in [-0.1, -0.05) is 6.08 Å². The standard InChI is InChI=1S/C22H21F3N4O4/c23-22(24,25)13-3-7-15(8-4-13)32-14-5-1-12(2-6-14)21-28-16(20(26)31)9-19(29-21)33-18-11-27-10-17(18)30/h1,3-4,7-9,14,18,27H,2,5-6,10-11H2,(H2,26,31)/t14?,18-/m0/s1. The van der Waals surface area contributed by atoms with Gasteiger partial charge in [-0.2, -0.15) is 18.2 Å². The van der Waals surface area contributed by atoms with E-state index in [0.29, 0.717) is 31.6 Å². The molecule has 2 atom stereocenters. The Labute approximate surface area is 187 Å². The van der Waals surface area contributed by atoms with Crippen molar-refractivity contribution in [3.05, 3.63) is 53.5 Å². The number of allylic oxidation sites excluding steroid dienone is 1. The van der Waals surface area contributed by atoms with Crippen molar-refractivity contribution < 1.29 is 32.2 Å². The maximum Gasteiger partial charge on any atom is 0.416 e. The Bertz CT molecular complexity index is 1090. The number of ketones is 1. The minimum Gasteiger partial charge on any atom is -0.490 e. The third-order valence-electron chi connectivity index (χ3n) is 5.34. The van der Waals surface area contributed by atoms with Crippen LogP contribution in [0.25, 0.3) is 5.57 Å². The van der Waals surface area contributed by atoms with E-state index >= 15 is 0 Å². The van der Waals surface area contributed by atoms with Crippen LogP contribution in [0.4, 0.5) is 13.2 Å². The van der Waals surface area contributed by atoms with E-state index in [9.17, 15) is 22.8 Å². The lowest BCUT2D eigenvalue weighted by atomic mass is 9.96. The monoisotopic (exact) mass is 462 g/mol. The average molecular weight is 462 g/mol. The molecule has 0 spiro atoms. The summed E-state index contributed by atoms with van der Waals surface area (Å²) in [4.78, 5) is 32.1. The minimum atomic E-state index is -4.40. The van der Waals surface area contributed by atoms with Gasteiger partial charge in [-0.3, -0.25) is 9.59 Å². The van der Waals surface area contributed by atoms with Crippen molar-refractivity contribution in [1.29, 1.82) is 0 Å². The number of carbonyl (C=O) groups excluding carboxylic acids is 2. The van der Waals surface area contributed by atoms with Crippen LogP contribution in [0.2, 0.25) is 0 Å². The van der Waals surface area contributed by atoms with Crippen LogP contribution < -0.4 is 20.5 Å². The van der Waals surface area contributed by atoms with Gasteiger partial charge in [0.05, 0.1) is 12.1 Å². The van der Waals surface area contributed by atoms with E-state index < -0.39 is 23.8 Å². The molecule has 1 aliphatic heterocycles. The molecule has 33 heavy (non-hydrogen) atoms. The molecule has 0 radical (unpaired) electrons. The lowest BCUT2D eigenvalue weighted by Gasteiger charge is -2.23. The molecule has 1 aromatic heterocycles. The second-order valence-corrected chi connectivity index (χ2v) is 7.75. The van der Waals surface area contributed by atoms with Crippen LogP contribution in [-0.2, 0) is 11.0 Å². The number of benzene rings is 1. The van der Waals surface area contributed by atoms with Gasteiger partial charge in [-0.05, 0) is 42.7 Å². The number of hydrogen-bond acceptors (Lipinski definition) is 7. The van der Waals surface area contributed by atoms with Crippen molar-refractivity contribution in [3.8, 4) is 11.6 Å². The molecule has 8 nitrogen and oxygen atoms in total. The second-order valence-electron chi connectivity index (χ2n) is 7.75. The molecule has 1 amide bonds. The van der Waals surface area contributed by atoms with E-state index in [4.69, 9.17) is 15.2 Å². The Kier molecular flexibility index (Phi) is 6.32. The zero-order chi connectivity index (χ0) is 23.6. The maximum absolute atomic E-state index is 12.7. The highest BCUT2D eigenvalue weighted by atomic mass is 19.4. The van der Waals surface area contributed by atoms with E-state index in [1.807, 2.05) is 6.08 Å². The molecule has 1 unspecified atom stereocenters. The topological polar surface area (TPSA) is 116 Å². The van der Waals surface area contributed by atoms with Gasteiger partial charge in [-0.15, -0.1) is 0 Å². The second kappa shape index (κ2) is 9.18. The number of aromatic nitrogens is 2. The highest BCUT2D eigenvalue weighted by molar-refractivity contribution is 5.91. The fraction of sp³-hybridized carbons (Fsp3) is 0.364. The number of primary amides is 1. The molecule has 0 bridgehead atoms. The van der Waals surface area contributed by atoms with Gasteiger partial charge >= 0.3 is 6.18 Å². The predicted octanol–water partition coefficient (Wildman–Crippen LogP) is 2.53. The number of hydrogen-bond donors (Lipinski definition) is 2. The van der Waals surface area contributed by atoms with E-state index in [-0.39, 0.29) is 35.8 Å². The first kappa shape index (κ1) is 22.7. The summed E-state index contributed by atoms with van der Waals surface area (Å²) in [6, 6.07) is 5.86. The molecule has 1 saturated heterocycles. The Morgan fingerprint density at radius 2 is 1.91 bits per heavy atom. The molecule has 4 rings (SSSR count). The SMILES string of the molecule is NC(=O)c1cc(O[C@H]2CNCC2=O)nc(C2=CCC(Oc3ccc(C(F)(F)F)cc3)CC2)n1. The van der Waals surface area contributed by atoms with E-state index in [1.165, 1.54) is 18.2 Å². The zero-order valence-electron chi connectivity index (χ0n) is 17.4. The smallest absolute Gasteiger partial charge is 0.416 e. The number of carbonyl (C=O) groups is 2. The highest BCUT2D eigenvalue weighted by Crippen LogP contribution is 2.32. The molecule has 2 heterocycles. The zero-order valence-corrected chi connectivity index (χ0v) is 17.4. The quantitative estimate of drug-likeness (QED) is 0.678. The summed E-state index contributed by atoms with van der Waals surface area (Å²) in [6.07, 6.45) is -1.93. The number of rotatable bonds is 6. The van der Waals surface area contributed by atoms with Crippen LogP contribution in [-0.4, -0.2) is 47.0 Å². The fourth-order valence-electron chi connectivity index (χ4n) is 3.60. The largest absolute Gasteiger partial charge is 0.490 e. The third kappa shape index (κ3) is 5.48. The molecular weight excluding hydrogens is 441 g/mol. The molecule has 2 aliphatic rings. The van der Waals surface area contributed by atoms with Crippen LogP contribution in [0.5, 0.6) is 11.6 Å². The van der Waals surface area contributed by atoms with Crippen molar-refractivity contribution >= 4 is 17.3 Å². The van der Waals surface area contributed by atoms with Crippen molar-refractivity contribution in [2.45, 2.75) is 37.6 Å². The summed E-state index contributed by atoms with van der Waals surface area (Å²) in [5, 5.41) is 2.90. The predicted molar refractivity (Wildman–Crippen MR) is 111 cm³/mol. The molecular formula is C22H21F3N4O4. The fourth-order valence-corrected chi connectivity index (χ4v) is 3.60. The van der Waals surface area contributed by atoms with Crippen molar-refractivity contribution in [3.63, 3.8) is 0 Å². The normalized spacial score (nSPS) is 20.9. The summed E-state index contributed by atoms with van der Waals surface area (Å²) in [6.45, 7) is 0.548. The summed E-state index contributed by atoms with van der Waals surface area (Å²) in [7, 11) is 0. The van der Waals surface area contributed by atoms with Crippen LogP contribution >= 0.6 is 0 Å². The molecule has 1 aromatic carbocycles. The first-order valence-electron chi connectivity index (χ1n) is 10.3. The van der Waals surface area contributed by atoms with Crippen LogP contribution in [0.3, 0.4) is 0 Å². The number of nitrogens with zero attached hydrogens (tertiary/aromatic N) is 2. The molecule has 0 saturated carbocycles. The van der Waals surface area contributed by atoms with E-state index in [2.05, 4.69) is 15.3 Å². The minimum absolute atomic E-state index is 0.0302. The number of halogens is 3. The third-order valence-corrected chi connectivity index (χ3v) is 5.34. The number of ether oxygens (including phenoxy) is 2. The molecule has 2 aromatic rings. The number of nitrogens with two attached hydrogens (primary N) is 1. The number of Topliss-reactive ketones (excluding diaryl/α,β-unsaturated/α-hetero) is 1. The van der Waals surface area contributed by atoms with Crippen molar-refractivity contribution in [2.75, 3.05) is 13.1 Å². The molecule has 3 N–H and O–H groups in total. The van der Waals surface area contributed by atoms with Gasteiger partial charge < -0.3 is 20.5 Å². The van der Waals surface area contributed by atoms with Gasteiger partial charge in [0.15, 0.2) is 17.7 Å². The van der Waals surface area contributed by atoms with Gasteiger partial charge in [0.25, 0.3) is 5.91 Å². The summed E-state index contributed by atoms with van der Waals surface area (Å²) < 4.78 is 49.5. The lowest BCUT2D eigenvalue weighted by Crippen LogP contribution is -2.27. The highest BCUT2D eigenvalue weighted by Gasteiger charge is 2.30. The number of nitrogens with one attached hydrogen (secondary N) is 1. The van der Waals surface area contributed by atoms with Gasteiger partial charge in [0.2, 0.25) is 5.88 Å². The molecule has 11 heteroatoms. The Balaban J connectivity index is 1.46. The molecule has 1 aliphatic carbocycles. The van der Waals surface area contributed by atoms with Crippen molar-refractivity contribution in [1.82, 2.24) is 15.3 Å². The van der Waals surface area contributed by atoms with Gasteiger partial charge in [0, 0.05) is 19.0 Å². The van der Waals surface area contributed by atoms with Crippen LogP contribution in [0.15, 0.2) is 36.4 Å². The Morgan fingerprint density at radius 1 is 1.15 bits per heavy atom. The van der Waals surface area contributed by atoms with E-state index in [1.54, 1.807) is 0 Å². The Hall–Kier alpha value is -3.47. The van der Waals surface area contributed by atoms with Gasteiger partial charge in [0.1, 0.15) is 17.5 Å². The number of alkyl halides is 3. The summed E-state index contributed by atoms with van der Waals surface area (Å²) in [5.74, 6) is -0.162. The summed E-state index contributed by atoms with van der Waals surface area (Å²) in [5.41, 5.74) is 5.38. The lowest BCUT2D eigenvalue weighted by molar-refractivity contribution is -0.137. The first-order valence-corrected chi connectivity index (χ1v) is 10.3. The Morgan fingerprint density at radius 3 is 2.48 bits per heavy atom. The number of amides is 1. The maximum atomic E-state index is 12.7. The van der Waals surface area contributed by atoms with Crippen LogP contribution in [0.1, 0.15) is 41.1 Å². The first-order chi connectivity index (χ1) is 15.7.